The zero-order valence-electron chi connectivity index (χ0n) is 25.0. The summed E-state index contributed by atoms with van der Waals surface area (Å²) >= 11 is 0. The first kappa shape index (κ1) is 35.3. The summed E-state index contributed by atoms with van der Waals surface area (Å²) in [5.74, 6) is 0.972. The summed E-state index contributed by atoms with van der Waals surface area (Å²) in [7, 11) is 3.37. The van der Waals surface area contributed by atoms with Crippen molar-refractivity contribution in [1.82, 2.24) is 4.98 Å². The topological polar surface area (TPSA) is 40.6 Å². The molecule has 4 nitrogen and oxygen atoms in total. The molecule has 0 aliphatic carbocycles. The molecule has 1 aromatic carbocycles. The summed E-state index contributed by atoms with van der Waals surface area (Å²) in [5, 5.41) is 0. The highest BCUT2D eigenvalue weighted by Crippen LogP contribution is 2.41. The van der Waals surface area contributed by atoms with Crippen molar-refractivity contribution in [2.75, 3.05) is 27.6 Å². The molecule has 0 saturated heterocycles. The Kier molecular flexibility index (Phi) is 21.5. The van der Waals surface area contributed by atoms with Crippen molar-refractivity contribution >= 4 is 0 Å². The molecule has 2 aromatic rings. The SMILES string of the molecule is CC.CC.CCCc1ccnc(-c2cc(C)c(OC)cc2C(C)(CC)CCC)c1.CCOCOC. The second kappa shape index (κ2) is 21.4. The van der Waals surface area contributed by atoms with Gasteiger partial charge in [-0.3, -0.25) is 4.98 Å². The van der Waals surface area contributed by atoms with Crippen LogP contribution in [0.15, 0.2) is 30.5 Å². The van der Waals surface area contributed by atoms with E-state index >= 15 is 0 Å². The molecule has 0 aliphatic rings. The van der Waals surface area contributed by atoms with Gasteiger partial charge < -0.3 is 14.2 Å². The molecular weight excluding hydrogens is 434 g/mol. The van der Waals surface area contributed by atoms with E-state index in [1.165, 1.54) is 28.7 Å². The average molecular weight is 490 g/mol. The van der Waals surface area contributed by atoms with Gasteiger partial charge in [-0.15, -0.1) is 0 Å². The Labute approximate surface area is 217 Å². The smallest absolute Gasteiger partial charge is 0.146 e. The Morgan fingerprint density at radius 2 is 1.57 bits per heavy atom. The lowest BCUT2D eigenvalue weighted by Gasteiger charge is -2.31. The predicted octanol–water partition coefficient (Wildman–Crippen LogP) is 9.17. The number of methoxy groups -OCH3 is 2. The van der Waals surface area contributed by atoms with Crippen molar-refractivity contribution < 1.29 is 14.2 Å². The molecule has 0 aliphatic heterocycles. The van der Waals surface area contributed by atoms with Gasteiger partial charge in [-0.2, -0.15) is 0 Å². The molecule has 1 atom stereocenters. The number of hydrogen-bond donors (Lipinski definition) is 0. The van der Waals surface area contributed by atoms with Crippen LogP contribution in [0.1, 0.15) is 105 Å². The molecule has 0 spiro atoms. The zero-order valence-corrected chi connectivity index (χ0v) is 25.0. The summed E-state index contributed by atoms with van der Waals surface area (Å²) in [6.07, 6.45) is 7.64. The van der Waals surface area contributed by atoms with Crippen molar-refractivity contribution in [2.24, 2.45) is 0 Å². The van der Waals surface area contributed by atoms with Crippen molar-refractivity contribution in [3.05, 3.63) is 47.2 Å². The number of hydrogen-bond acceptors (Lipinski definition) is 4. The maximum atomic E-state index is 5.64. The molecule has 0 saturated carbocycles. The van der Waals surface area contributed by atoms with E-state index in [4.69, 9.17) is 14.5 Å². The average Bonchev–Trinajstić information content (AvgIpc) is 2.90. The predicted molar refractivity (Wildman–Crippen MR) is 154 cm³/mol. The summed E-state index contributed by atoms with van der Waals surface area (Å²) in [4.78, 5) is 4.72. The Bertz CT molecular complexity index is 772. The second-order valence-electron chi connectivity index (χ2n) is 8.23. The number of aromatic nitrogens is 1. The second-order valence-corrected chi connectivity index (χ2v) is 8.23. The number of rotatable bonds is 11. The Balaban J connectivity index is 0. The van der Waals surface area contributed by atoms with Crippen molar-refractivity contribution in [3.8, 4) is 17.0 Å². The molecule has 0 N–H and O–H groups in total. The van der Waals surface area contributed by atoms with E-state index < -0.39 is 0 Å². The van der Waals surface area contributed by atoms with Crippen LogP contribution in [0.5, 0.6) is 5.75 Å². The largest absolute Gasteiger partial charge is 0.496 e. The number of aryl methyl sites for hydroxylation is 2. The molecule has 0 amide bonds. The number of benzene rings is 1. The summed E-state index contributed by atoms with van der Waals surface area (Å²) in [6, 6.07) is 8.90. The van der Waals surface area contributed by atoms with Gasteiger partial charge in [-0.25, -0.2) is 0 Å². The van der Waals surface area contributed by atoms with Crippen LogP contribution in [0.4, 0.5) is 0 Å². The van der Waals surface area contributed by atoms with E-state index in [2.05, 4.69) is 63.6 Å². The molecule has 35 heavy (non-hydrogen) atoms. The molecule has 0 fully saturated rings. The van der Waals surface area contributed by atoms with Crippen LogP contribution in [0.2, 0.25) is 0 Å². The molecule has 2 rings (SSSR count). The molecule has 4 heteroatoms. The lowest BCUT2D eigenvalue weighted by Crippen LogP contribution is -2.22. The van der Waals surface area contributed by atoms with Crippen molar-refractivity contribution in [2.45, 2.75) is 107 Å². The third kappa shape index (κ3) is 12.1. The monoisotopic (exact) mass is 489 g/mol. The quantitative estimate of drug-likeness (QED) is 0.233. The summed E-state index contributed by atoms with van der Waals surface area (Å²) in [5.41, 5.74) is 6.37. The van der Waals surface area contributed by atoms with E-state index in [0.717, 1.165) is 43.7 Å². The van der Waals surface area contributed by atoms with Crippen molar-refractivity contribution in [3.63, 3.8) is 0 Å². The summed E-state index contributed by atoms with van der Waals surface area (Å²) in [6.45, 7) is 22.3. The Morgan fingerprint density at radius 1 is 0.914 bits per heavy atom. The van der Waals surface area contributed by atoms with Crippen LogP contribution in [-0.4, -0.2) is 32.6 Å². The highest BCUT2D eigenvalue weighted by Gasteiger charge is 2.28. The van der Waals surface area contributed by atoms with Crippen LogP contribution >= 0.6 is 0 Å². The molecule has 1 aromatic heterocycles. The van der Waals surface area contributed by atoms with Gasteiger partial charge in [-0.1, -0.05) is 68.2 Å². The Hall–Kier alpha value is -1.91. The fraction of sp³-hybridized carbons (Fsp3) is 0.645. The first-order chi connectivity index (χ1) is 16.9. The minimum atomic E-state index is 0.132. The van der Waals surface area contributed by atoms with E-state index in [-0.39, 0.29) is 5.41 Å². The van der Waals surface area contributed by atoms with Gasteiger partial charge in [0.25, 0.3) is 0 Å². The van der Waals surface area contributed by atoms with Crippen LogP contribution in [0, 0.1) is 6.92 Å². The van der Waals surface area contributed by atoms with Crippen LogP contribution in [0.25, 0.3) is 11.3 Å². The fourth-order valence-corrected chi connectivity index (χ4v) is 3.91. The molecule has 202 valence electrons. The van der Waals surface area contributed by atoms with Crippen molar-refractivity contribution in [1.29, 1.82) is 0 Å². The number of ether oxygens (including phenoxy) is 3. The summed E-state index contributed by atoms with van der Waals surface area (Å²) < 4.78 is 15.0. The minimum absolute atomic E-state index is 0.132. The van der Waals surface area contributed by atoms with E-state index in [1.54, 1.807) is 14.2 Å². The molecule has 1 heterocycles. The highest BCUT2D eigenvalue weighted by molar-refractivity contribution is 5.69. The van der Waals surface area contributed by atoms with Gasteiger partial charge in [0.1, 0.15) is 12.5 Å². The number of nitrogens with zero attached hydrogens (tertiary/aromatic N) is 1. The first-order valence-electron chi connectivity index (χ1n) is 13.6. The van der Waals surface area contributed by atoms with Gasteiger partial charge in [0.05, 0.1) is 12.8 Å². The van der Waals surface area contributed by atoms with Gasteiger partial charge in [0.2, 0.25) is 0 Å². The maximum Gasteiger partial charge on any atom is 0.146 e. The van der Waals surface area contributed by atoms with Gasteiger partial charge in [0, 0.05) is 25.5 Å². The lowest BCUT2D eigenvalue weighted by atomic mass is 9.73. The van der Waals surface area contributed by atoms with Gasteiger partial charge >= 0.3 is 0 Å². The third-order valence-electron chi connectivity index (χ3n) is 5.81. The maximum absolute atomic E-state index is 5.64. The lowest BCUT2D eigenvalue weighted by molar-refractivity contribution is -0.0250. The third-order valence-corrected chi connectivity index (χ3v) is 5.81. The standard InChI is InChI=1S/C23H33NO.C4H10O2.2C2H6/c1-7-10-18-11-13-24-21(15-18)19-14-17(4)22(25-6)16-20(19)23(5,9-3)12-8-2;1-3-6-4-5-2;2*1-2/h11,13-16H,7-10,12H2,1-6H3;3-4H2,1-2H3;2*1-2H3. The molecule has 0 radical (unpaired) electrons. The molecular formula is C31H55NO3. The first-order valence-corrected chi connectivity index (χ1v) is 13.6. The van der Waals surface area contributed by atoms with E-state index in [1.807, 2.05) is 40.8 Å². The molecule has 0 bridgehead atoms. The normalized spacial score (nSPS) is 11.5. The van der Waals surface area contributed by atoms with Gasteiger partial charge in [0.15, 0.2) is 0 Å². The van der Waals surface area contributed by atoms with Gasteiger partial charge in [-0.05, 0) is 79.5 Å². The fourth-order valence-electron chi connectivity index (χ4n) is 3.91. The number of pyridine rings is 1. The molecule has 1 unspecified atom stereocenters. The van der Waals surface area contributed by atoms with Crippen LogP contribution in [-0.2, 0) is 21.3 Å². The van der Waals surface area contributed by atoms with E-state index in [0.29, 0.717) is 6.79 Å². The highest BCUT2D eigenvalue weighted by atomic mass is 16.7. The van der Waals surface area contributed by atoms with E-state index in [9.17, 15) is 0 Å². The minimum Gasteiger partial charge on any atom is -0.496 e. The Morgan fingerprint density at radius 3 is 2.03 bits per heavy atom. The van der Waals surface area contributed by atoms with Crippen LogP contribution < -0.4 is 4.74 Å². The van der Waals surface area contributed by atoms with Crippen LogP contribution in [0.3, 0.4) is 0 Å². The zero-order chi connectivity index (χ0) is 27.3.